The highest BCUT2D eigenvalue weighted by atomic mass is 16.5. The van der Waals surface area contributed by atoms with Crippen LogP contribution in [0.2, 0.25) is 0 Å². The maximum atomic E-state index is 13.4. The van der Waals surface area contributed by atoms with Crippen LogP contribution < -0.4 is 10.1 Å². The molecule has 35 heavy (non-hydrogen) atoms. The summed E-state index contributed by atoms with van der Waals surface area (Å²) < 4.78 is 13.3. The fourth-order valence-corrected chi connectivity index (χ4v) is 4.93. The van der Waals surface area contributed by atoms with Crippen LogP contribution in [0.4, 0.5) is 0 Å². The molecule has 0 unspecified atom stereocenters. The number of carbonyl (C=O) groups is 2. The standard InChI is InChI=1S/C27H28N4O4/c1-17-23(27(33)30-13-5-7-19(30)16-34-3)15-31-25(17)24(11-12-29-31)35-20-9-10-21-18(14-20)6-4-8-22(21)26(32)28-2/h4,6,8-12,14-15,19H,5,7,13,16H2,1-3H3,(H,28,32)/t19-/m0/s1. The summed E-state index contributed by atoms with van der Waals surface area (Å²) in [5.74, 6) is 1.10. The number of benzene rings is 2. The SMILES string of the molecule is CNC(=O)c1cccc2cc(Oc3ccnn4cc(C(=O)N5CCC[C@H]5COC)c(C)c34)ccc12. The predicted octanol–water partition coefficient (Wildman–Crippen LogP) is 4.20. The second kappa shape index (κ2) is 9.38. The summed E-state index contributed by atoms with van der Waals surface area (Å²) in [6.45, 7) is 3.19. The van der Waals surface area contributed by atoms with Crippen LogP contribution in [0.3, 0.4) is 0 Å². The van der Waals surface area contributed by atoms with E-state index >= 15 is 0 Å². The molecule has 1 atom stereocenters. The molecule has 0 aliphatic carbocycles. The van der Waals surface area contributed by atoms with Crippen molar-refractivity contribution in [1.82, 2.24) is 19.8 Å². The summed E-state index contributed by atoms with van der Waals surface area (Å²) in [7, 11) is 3.28. The molecule has 4 aromatic rings. The van der Waals surface area contributed by atoms with Crippen LogP contribution in [0, 0.1) is 6.92 Å². The Morgan fingerprint density at radius 2 is 2.03 bits per heavy atom. The molecule has 1 aliphatic heterocycles. The zero-order valence-electron chi connectivity index (χ0n) is 20.1. The minimum absolute atomic E-state index is 0.00839. The first-order chi connectivity index (χ1) is 17.0. The van der Waals surface area contributed by atoms with Gasteiger partial charge in [0.15, 0.2) is 5.75 Å². The zero-order chi connectivity index (χ0) is 24.5. The molecule has 0 saturated carbocycles. The van der Waals surface area contributed by atoms with Crippen LogP contribution in [-0.4, -0.2) is 59.7 Å². The number of aromatic nitrogens is 2. The van der Waals surface area contributed by atoms with Gasteiger partial charge in [0.2, 0.25) is 0 Å². The summed E-state index contributed by atoms with van der Waals surface area (Å²) in [5, 5.41) is 8.84. The third-order valence-electron chi connectivity index (χ3n) is 6.67. The van der Waals surface area contributed by atoms with Crippen molar-refractivity contribution in [2.75, 3.05) is 27.3 Å². The minimum atomic E-state index is -0.133. The van der Waals surface area contributed by atoms with Gasteiger partial charge in [-0.25, -0.2) is 4.52 Å². The number of carbonyl (C=O) groups excluding carboxylic acids is 2. The number of methoxy groups -OCH3 is 1. The van der Waals surface area contributed by atoms with Gasteiger partial charge in [-0.1, -0.05) is 12.1 Å². The summed E-state index contributed by atoms with van der Waals surface area (Å²) >= 11 is 0. The lowest BCUT2D eigenvalue weighted by Gasteiger charge is -2.24. The molecule has 1 N–H and O–H groups in total. The average molecular weight is 473 g/mol. The van der Waals surface area contributed by atoms with Gasteiger partial charge in [0.1, 0.15) is 11.3 Å². The lowest BCUT2D eigenvalue weighted by Crippen LogP contribution is -2.38. The smallest absolute Gasteiger partial charge is 0.256 e. The predicted molar refractivity (Wildman–Crippen MR) is 133 cm³/mol. The number of nitrogens with zero attached hydrogens (tertiary/aromatic N) is 3. The highest BCUT2D eigenvalue weighted by Gasteiger charge is 2.31. The molecule has 1 aliphatic rings. The number of aryl methyl sites for hydroxylation is 1. The Kier molecular flexibility index (Phi) is 6.13. The molecule has 0 radical (unpaired) electrons. The first-order valence-corrected chi connectivity index (χ1v) is 11.7. The highest BCUT2D eigenvalue weighted by molar-refractivity contribution is 6.07. The Bertz CT molecular complexity index is 1430. The van der Waals surface area contributed by atoms with Crippen molar-refractivity contribution in [2.24, 2.45) is 0 Å². The number of fused-ring (bicyclic) bond motifs is 2. The molecule has 2 aromatic carbocycles. The maximum Gasteiger partial charge on any atom is 0.256 e. The number of hydrogen-bond acceptors (Lipinski definition) is 5. The summed E-state index contributed by atoms with van der Waals surface area (Å²) in [5.41, 5.74) is 2.80. The highest BCUT2D eigenvalue weighted by Crippen LogP contribution is 2.33. The van der Waals surface area contributed by atoms with Crippen molar-refractivity contribution in [2.45, 2.75) is 25.8 Å². The molecule has 1 fully saturated rings. The monoisotopic (exact) mass is 472 g/mol. The first kappa shape index (κ1) is 22.9. The second-order valence-corrected chi connectivity index (χ2v) is 8.78. The zero-order valence-corrected chi connectivity index (χ0v) is 20.1. The lowest BCUT2D eigenvalue weighted by molar-refractivity contribution is 0.0630. The van der Waals surface area contributed by atoms with Crippen LogP contribution in [0.1, 0.15) is 39.1 Å². The minimum Gasteiger partial charge on any atom is -0.455 e. The number of nitrogens with one attached hydrogen (secondary N) is 1. The maximum absolute atomic E-state index is 13.4. The van der Waals surface area contributed by atoms with Gasteiger partial charge in [0, 0.05) is 38.5 Å². The molecule has 8 heteroatoms. The Hall–Kier alpha value is -3.91. The lowest BCUT2D eigenvalue weighted by atomic mass is 10.0. The van der Waals surface area contributed by atoms with Gasteiger partial charge in [-0.15, -0.1) is 0 Å². The molecular formula is C27H28N4O4. The van der Waals surface area contributed by atoms with E-state index in [-0.39, 0.29) is 17.9 Å². The molecule has 0 bridgehead atoms. The van der Waals surface area contributed by atoms with Crippen LogP contribution in [-0.2, 0) is 4.74 Å². The van der Waals surface area contributed by atoms with Crippen molar-refractivity contribution in [3.63, 3.8) is 0 Å². The molecule has 2 aromatic heterocycles. The van der Waals surface area contributed by atoms with Gasteiger partial charge in [-0.2, -0.15) is 5.10 Å². The number of likely N-dealkylation sites (tertiary alicyclic amines) is 1. The van der Waals surface area contributed by atoms with E-state index in [0.29, 0.717) is 29.2 Å². The first-order valence-electron chi connectivity index (χ1n) is 11.7. The molecule has 5 rings (SSSR count). The quantitative estimate of drug-likeness (QED) is 0.455. The van der Waals surface area contributed by atoms with E-state index in [1.54, 1.807) is 43.2 Å². The molecular weight excluding hydrogens is 444 g/mol. The Morgan fingerprint density at radius 1 is 1.17 bits per heavy atom. The topological polar surface area (TPSA) is 85.2 Å². The molecule has 8 nitrogen and oxygen atoms in total. The summed E-state index contributed by atoms with van der Waals surface area (Å²) in [6.07, 6.45) is 5.35. The van der Waals surface area contributed by atoms with Gasteiger partial charge in [-0.3, -0.25) is 9.59 Å². The Balaban J connectivity index is 1.49. The van der Waals surface area contributed by atoms with Crippen molar-refractivity contribution in [1.29, 1.82) is 0 Å². The van der Waals surface area contributed by atoms with Crippen molar-refractivity contribution >= 4 is 28.1 Å². The average Bonchev–Trinajstić information content (AvgIpc) is 3.47. The van der Waals surface area contributed by atoms with Crippen molar-refractivity contribution in [3.05, 3.63) is 71.5 Å². The van der Waals surface area contributed by atoms with E-state index in [4.69, 9.17) is 9.47 Å². The van der Waals surface area contributed by atoms with Gasteiger partial charge in [0.05, 0.1) is 24.4 Å². The Morgan fingerprint density at radius 3 is 2.83 bits per heavy atom. The fraction of sp³-hybridized carbons (Fsp3) is 0.296. The van der Waals surface area contributed by atoms with Crippen molar-refractivity contribution in [3.8, 4) is 11.5 Å². The van der Waals surface area contributed by atoms with E-state index in [1.165, 1.54) is 0 Å². The molecule has 180 valence electrons. The van der Waals surface area contributed by atoms with Gasteiger partial charge in [-0.05, 0) is 60.4 Å². The molecule has 1 saturated heterocycles. The third-order valence-corrected chi connectivity index (χ3v) is 6.67. The van der Waals surface area contributed by atoms with E-state index in [2.05, 4.69) is 10.4 Å². The van der Waals surface area contributed by atoms with Crippen LogP contribution in [0.25, 0.3) is 16.3 Å². The third kappa shape index (κ3) is 4.10. The normalized spacial score (nSPS) is 15.6. The molecule has 2 amide bonds. The van der Waals surface area contributed by atoms with Crippen molar-refractivity contribution < 1.29 is 19.1 Å². The van der Waals surface area contributed by atoms with Crippen LogP contribution in [0.5, 0.6) is 11.5 Å². The van der Waals surface area contributed by atoms with E-state index in [9.17, 15) is 9.59 Å². The number of hydrogen-bond donors (Lipinski definition) is 1. The summed E-state index contributed by atoms with van der Waals surface area (Å²) in [4.78, 5) is 27.5. The molecule has 0 spiro atoms. The van der Waals surface area contributed by atoms with Gasteiger partial charge in [0.25, 0.3) is 11.8 Å². The van der Waals surface area contributed by atoms with E-state index in [1.807, 2.05) is 42.2 Å². The van der Waals surface area contributed by atoms with Crippen LogP contribution >= 0.6 is 0 Å². The number of rotatable bonds is 6. The van der Waals surface area contributed by atoms with Crippen LogP contribution in [0.15, 0.2) is 54.9 Å². The fourth-order valence-electron chi connectivity index (χ4n) is 4.93. The van der Waals surface area contributed by atoms with Gasteiger partial charge >= 0.3 is 0 Å². The largest absolute Gasteiger partial charge is 0.455 e. The van der Waals surface area contributed by atoms with E-state index in [0.717, 1.165) is 41.2 Å². The Labute approximate surface area is 203 Å². The number of ether oxygens (including phenoxy) is 2. The van der Waals surface area contributed by atoms with Gasteiger partial charge < -0.3 is 19.7 Å². The molecule has 3 heterocycles. The summed E-state index contributed by atoms with van der Waals surface area (Å²) in [6, 6.07) is 13.1. The number of amides is 2. The van der Waals surface area contributed by atoms with E-state index < -0.39 is 0 Å². The second-order valence-electron chi connectivity index (χ2n) is 8.78.